The molecule has 0 saturated carbocycles. The predicted molar refractivity (Wildman–Crippen MR) is 122 cm³/mol. The Hall–Kier alpha value is -0.650. The van der Waals surface area contributed by atoms with Crippen LogP contribution in [0.5, 0.6) is 0 Å². The Morgan fingerprint density at radius 2 is 1.61 bits per heavy atom. The lowest BCUT2D eigenvalue weighted by atomic mass is 10.1. The van der Waals surface area contributed by atoms with E-state index in [9.17, 15) is 4.79 Å². The Balaban J connectivity index is 0.00000225. The van der Waals surface area contributed by atoms with Crippen molar-refractivity contribution < 1.29 is 4.79 Å². The molecule has 5 heterocycles. The SMILES string of the molecule is CN=C(NCC1CN2CCN1CC2)N1CCN(CC(=O)N2CCCC2)CC1.I. The summed E-state index contributed by atoms with van der Waals surface area (Å²) in [6, 6.07) is 0.601. The molecule has 0 aromatic heterocycles. The van der Waals surface area contributed by atoms with Crippen molar-refractivity contribution in [1.29, 1.82) is 0 Å². The van der Waals surface area contributed by atoms with E-state index in [0.717, 1.165) is 64.6 Å². The van der Waals surface area contributed by atoms with E-state index in [1.54, 1.807) is 0 Å². The number of carbonyl (C=O) groups is 1. The molecule has 2 bridgehead atoms. The average Bonchev–Trinajstić information content (AvgIpc) is 3.26. The second-order valence-electron chi connectivity index (χ2n) is 8.27. The topological polar surface area (TPSA) is 57.7 Å². The van der Waals surface area contributed by atoms with Crippen molar-refractivity contribution in [2.45, 2.75) is 18.9 Å². The van der Waals surface area contributed by atoms with Crippen molar-refractivity contribution in [3.63, 3.8) is 0 Å². The minimum absolute atomic E-state index is 0. The Bertz CT molecular complexity index is 538. The van der Waals surface area contributed by atoms with Crippen molar-refractivity contribution in [2.75, 3.05) is 92.1 Å². The molecule has 0 aliphatic carbocycles. The summed E-state index contributed by atoms with van der Waals surface area (Å²) in [5.41, 5.74) is 0. The Morgan fingerprint density at radius 3 is 2.18 bits per heavy atom. The summed E-state index contributed by atoms with van der Waals surface area (Å²) in [6.07, 6.45) is 2.33. The second kappa shape index (κ2) is 10.4. The molecule has 1 atom stereocenters. The number of likely N-dealkylation sites (tertiary alicyclic amines) is 1. The smallest absolute Gasteiger partial charge is 0.236 e. The van der Waals surface area contributed by atoms with Gasteiger partial charge in [0.25, 0.3) is 0 Å². The number of aliphatic imine (C=N–C) groups is 1. The fourth-order valence-corrected chi connectivity index (χ4v) is 4.84. The van der Waals surface area contributed by atoms with Gasteiger partial charge in [-0.05, 0) is 12.8 Å². The fourth-order valence-electron chi connectivity index (χ4n) is 4.84. The molecule has 1 N–H and O–H groups in total. The van der Waals surface area contributed by atoms with E-state index < -0.39 is 0 Å². The summed E-state index contributed by atoms with van der Waals surface area (Å²) in [5, 5.41) is 3.61. The van der Waals surface area contributed by atoms with Crippen LogP contribution in [0.25, 0.3) is 0 Å². The first kappa shape index (κ1) is 22.0. The number of nitrogens with one attached hydrogen (secondary N) is 1. The van der Waals surface area contributed by atoms with Crippen molar-refractivity contribution in [3.8, 4) is 0 Å². The molecule has 8 nitrogen and oxygen atoms in total. The highest BCUT2D eigenvalue weighted by atomic mass is 127. The van der Waals surface area contributed by atoms with Gasteiger partial charge in [0.15, 0.2) is 5.96 Å². The van der Waals surface area contributed by atoms with E-state index in [0.29, 0.717) is 18.5 Å². The monoisotopic (exact) mass is 505 g/mol. The maximum absolute atomic E-state index is 12.4. The molecular weight excluding hydrogens is 469 g/mol. The molecule has 5 aliphatic rings. The van der Waals surface area contributed by atoms with Crippen molar-refractivity contribution >= 4 is 35.8 Å². The van der Waals surface area contributed by atoms with E-state index in [2.05, 4.69) is 29.9 Å². The third kappa shape index (κ3) is 5.28. The summed E-state index contributed by atoms with van der Waals surface area (Å²) in [5.74, 6) is 1.32. The highest BCUT2D eigenvalue weighted by Crippen LogP contribution is 2.15. The number of carbonyl (C=O) groups excluding carboxylic acids is 1. The first-order valence-corrected chi connectivity index (χ1v) is 10.6. The quantitative estimate of drug-likeness (QED) is 0.314. The van der Waals surface area contributed by atoms with Gasteiger partial charge in [0, 0.05) is 91.6 Å². The van der Waals surface area contributed by atoms with Crippen LogP contribution in [0.1, 0.15) is 12.8 Å². The van der Waals surface area contributed by atoms with E-state index in [1.807, 2.05) is 11.9 Å². The number of nitrogens with zero attached hydrogens (tertiary/aromatic N) is 6. The van der Waals surface area contributed by atoms with E-state index in [-0.39, 0.29) is 24.0 Å². The lowest BCUT2D eigenvalue weighted by Crippen LogP contribution is -2.64. The van der Waals surface area contributed by atoms with E-state index in [4.69, 9.17) is 0 Å². The van der Waals surface area contributed by atoms with Gasteiger partial charge in [-0.25, -0.2) is 0 Å². The van der Waals surface area contributed by atoms with Gasteiger partial charge in [-0.2, -0.15) is 0 Å². The van der Waals surface area contributed by atoms with Crippen LogP contribution in [-0.2, 0) is 4.79 Å². The number of hydrogen-bond donors (Lipinski definition) is 1. The molecule has 0 aromatic carbocycles. The van der Waals surface area contributed by atoms with Gasteiger partial charge in [-0.15, -0.1) is 24.0 Å². The number of rotatable bonds is 4. The van der Waals surface area contributed by atoms with E-state index >= 15 is 0 Å². The number of fused-ring (bicyclic) bond motifs is 3. The van der Waals surface area contributed by atoms with Gasteiger partial charge in [-0.3, -0.25) is 24.5 Å². The van der Waals surface area contributed by atoms with Crippen LogP contribution in [-0.4, -0.2) is 135 Å². The van der Waals surface area contributed by atoms with Crippen LogP contribution >= 0.6 is 24.0 Å². The highest BCUT2D eigenvalue weighted by molar-refractivity contribution is 14.0. The first-order chi connectivity index (χ1) is 13.2. The standard InChI is InChI=1S/C19H35N7O.HI/c1-20-19(21-14-17-15-22-6-10-24(17)11-7-22)26-12-8-23(9-13-26)16-18(27)25-4-2-3-5-25;/h17H,2-16H2,1H3,(H,20,21);1H. The molecule has 5 aliphatic heterocycles. The summed E-state index contributed by atoms with van der Waals surface area (Å²) in [6.45, 7) is 13.2. The number of amides is 1. The fraction of sp³-hybridized carbons (Fsp3) is 0.895. The zero-order valence-electron chi connectivity index (χ0n) is 17.2. The second-order valence-corrected chi connectivity index (χ2v) is 8.27. The van der Waals surface area contributed by atoms with Crippen LogP contribution in [0.2, 0.25) is 0 Å². The van der Waals surface area contributed by atoms with Crippen LogP contribution in [0.15, 0.2) is 4.99 Å². The third-order valence-corrected chi connectivity index (χ3v) is 6.59. The van der Waals surface area contributed by atoms with Crippen LogP contribution in [0.3, 0.4) is 0 Å². The molecule has 5 fully saturated rings. The van der Waals surface area contributed by atoms with Crippen molar-refractivity contribution in [2.24, 2.45) is 4.99 Å². The van der Waals surface area contributed by atoms with Gasteiger partial charge in [0.05, 0.1) is 6.54 Å². The number of guanidine groups is 1. The van der Waals surface area contributed by atoms with Crippen LogP contribution in [0.4, 0.5) is 0 Å². The van der Waals surface area contributed by atoms with Gasteiger partial charge < -0.3 is 15.1 Å². The van der Waals surface area contributed by atoms with E-state index in [1.165, 1.54) is 32.7 Å². The average molecular weight is 505 g/mol. The Kier molecular flexibility index (Phi) is 8.19. The highest BCUT2D eigenvalue weighted by Gasteiger charge is 2.32. The molecule has 0 radical (unpaired) electrons. The molecule has 28 heavy (non-hydrogen) atoms. The Labute approximate surface area is 186 Å². The van der Waals surface area contributed by atoms with Gasteiger partial charge in [-0.1, -0.05) is 0 Å². The van der Waals surface area contributed by atoms with Crippen LogP contribution in [0, 0.1) is 0 Å². The molecule has 5 rings (SSSR count). The van der Waals surface area contributed by atoms with Gasteiger partial charge >= 0.3 is 0 Å². The zero-order valence-corrected chi connectivity index (χ0v) is 19.5. The van der Waals surface area contributed by atoms with Crippen molar-refractivity contribution in [1.82, 2.24) is 29.8 Å². The van der Waals surface area contributed by atoms with Gasteiger partial charge in [0.2, 0.25) is 5.91 Å². The normalized spacial score (nSPS) is 31.0. The molecular formula is C19H36IN7O. The van der Waals surface area contributed by atoms with Crippen LogP contribution < -0.4 is 5.32 Å². The largest absolute Gasteiger partial charge is 0.355 e. The molecule has 1 unspecified atom stereocenters. The minimum Gasteiger partial charge on any atom is -0.355 e. The zero-order chi connectivity index (χ0) is 18.6. The number of piperazine rings is 4. The van der Waals surface area contributed by atoms with Gasteiger partial charge in [0.1, 0.15) is 0 Å². The molecule has 0 aromatic rings. The lowest BCUT2D eigenvalue weighted by Gasteiger charge is -2.47. The number of halogens is 1. The van der Waals surface area contributed by atoms with Crippen molar-refractivity contribution in [3.05, 3.63) is 0 Å². The maximum atomic E-state index is 12.4. The molecule has 0 spiro atoms. The molecule has 160 valence electrons. The maximum Gasteiger partial charge on any atom is 0.236 e. The number of hydrogen-bond acceptors (Lipinski definition) is 5. The third-order valence-electron chi connectivity index (χ3n) is 6.59. The molecule has 9 heteroatoms. The summed E-state index contributed by atoms with van der Waals surface area (Å²) in [4.78, 5) is 28.7. The molecule has 1 amide bonds. The molecule has 5 saturated heterocycles. The summed E-state index contributed by atoms with van der Waals surface area (Å²) in [7, 11) is 1.88. The lowest BCUT2D eigenvalue weighted by molar-refractivity contribution is -0.131. The predicted octanol–water partition coefficient (Wildman–Crippen LogP) is -0.580. The Morgan fingerprint density at radius 1 is 0.929 bits per heavy atom. The summed E-state index contributed by atoms with van der Waals surface area (Å²) < 4.78 is 0. The first-order valence-electron chi connectivity index (χ1n) is 10.6. The summed E-state index contributed by atoms with van der Waals surface area (Å²) >= 11 is 0. The minimum atomic E-state index is 0.